The maximum atomic E-state index is 17.0. The molecule has 318 valence electrons. The fraction of sp³-hybridized carbons (Fsp3) is 0.900. The van der Waals surface area contributed by atoms with Crippen molar-refractivity contribution < 1.29 is 46.9 Å². The minimum absolute atomic E-state index is 0.00214. The molecule has 0 radical (unpaired) electrons. The molecular formula is C40H66F2N6O8. The Morgan fingerprint density at radius 3 is 2.34 bits per heavy atom. The van der Waals surface area contributed by atoms with Crippen molar-refractivity contribution in [2.75, 3.05) is 32.8 Å². The molecule has 5 saturated heterocycles. The molecule has 14 nitrogen and oxygen atoms in total. The molecule has 0 aromatic carbocycles. The SMILES string of the molecule is CCC(=O)OC1COC2CCCC(F)C2C2NC3C(CC2F)C(N2CCN(C(=O)OC(C)(C)C)C[C@@H]2C)NC(=O)N3C2C(CCNC2C(C)C)C1OC(=O)CC. The molecule has 16 heteroatoms. The zero-order chi connectivity index (χ0) is 40.6. The molecule has 6 fully saturated rings. The van der Waals surface area contributed by atoms with Gasteiger partial charge < -0.3 is 39.4 Å². The lowest BCUT2D eigenvalue weighted by molar-refractivity contribution is -0.193. The summed E-state index contributed by atoms with van der Waals surface area (Å²) >= 11 is 0. The standard InChI is InChI=1S/C40H66F2N6O8/c1-9-29(49)54-28-20-53-27-13-11-12-25(41)31(27)33-26(42)18-24-36(47-17-16-46(19-22(47)5)39(52)56-40(6,7)8)45-38(51)48(37(24)44-33)34-23(35(28)55-30(50)10-2)14-15-43-32(34)21(3)4/h21-28,31-37,43-44H,9-20H2,1-8H3,(H,45,51)/t22-,23?,24?,25?,26?,27?,28?,31?,32?,33?,34?,35?,36?,37?/m0/s1. The molecule has 1 saturated carbocycles. The number of fused-ring (bicyclic) bond motifs is 5. The van der Waals surface area contributed by atoms with Gasteiger partial charge in [0.1, 0.15) is 24.0 Å². The summed E-state index contributed by atoms with van der Waals surface area (Å²) in [5.41, 5.74) is -0.654. The van der Waals surface area contributed by atoms with Gasteiger partial charge in [-0.2, -0.15) is 0 Å². The van der Waals surface area contributed by atoms with Crippen LogP contribution in [0.2, 0.25) is 0 Å². The normalized spacial score (nSPS) is 39.6. The maximum absolute atomic E-state index is 17.0. The van der Waals surface area contributed by atoms with Crippen LogP contribution in [0.25, 0.3) is 0 Å². The summed E-state index contributed by atoms with van der Waals surface area (Å²) in [6.45, 7) is 16.5. The number of nitrogens with one attached hydrogen (secondary N) is 3. The van der Waals surface area contributed by atoms with Crippen molar-refractivity contribution >= 4 is 24.1 Å². The third kappa shape index (κ3) is 8.92. The Hall–Kier alpha value is -2.82. The number of ether oxygens (including phenoxy) is 4. The Balaban J connectivity index is 1.43. The second-order valence-corrected chi connectivity index (χ2v) is 18.1. The Labute approximate surface area is 330 Å². The van der Waals surface area contributed by atoms with E-state index in [1.54, 1.807) is 23.6 Å². The Morgan fingerprint density at radius 2 is 1.68 bits per heavy atom. The number of nitrogens with zero attached hydrogens (tertiary/aromatic N) is 3. The number of carbonyl (C=O) groups excluding carboxylic acids is 4. The van der Waals surface area contributed by atoms with Crippen molar-refractivity contribution in [2.45, 2.75) is 173 Å². The molecule has 5 heterocycles. The van der Waals surface area contributed by atoms with Gasteiger partial charge in [0.25, 0.3) is 0 Å². The number of esters is 2. The number of piperazine rings is 1. The lowest BCUT2D eigenvalue weighted by Crippen LogP contribution is -2.80. The van der Waals surface area contributed by atoms with Crippen LogP contribution in [0.4, 0.5) is 18.4 Å². The van der Waals surface area contributed by atoms with Crippen LogP contribution in [0.1, 0.15) is 100 Å². The molecule has 0 spiro atoms. The molecule has 3 amide bonds. The van der Waals surface area contributed by atoms with Crippen molar-refractivity contribution in [3.63, 3.8) is 0 Å². The lowest BCUT2D eigenvalue weighted by atomic mass is 9.71. The number of halogens is 2. The summed E-state index contributed by atoms with van der Waals surface area (Å²) in [5, 5.41) is 10.5. The first-order valence-corrected chi connectivity index (χ1v) is 21.1. The van der Waals surface area contributed by atoms with Crippen LogP contribution < -0.4 is 16.0 Å². The van der Waals surface area contributed by atoms with E-state index in [-0.39, 0.29) is 56.3 Å². The average molecular weight is 797 g/mol. The summed E-state index contributed by atoms with van der Waals surface area (Å²) in [4.78, 5) is 59.9. The van der Waals surface area contributed by atoms with Crippen molar-refractivity contribution in [1.82, 2.24) is 30.7 Å². The number of carbonyl (C=O) groups is 4. The molecule has 14 atom stereocenters. The van der Waals surface area contributed by atoms with Crippen molar-refractivity contribution in [3.8, 4) is 0 Å². The first-order chi connectivity index (χ1) is 26.5. The summed E-state index contributed by atoms with van der Waals surface area (Å²) in [6.07, 6.45) is -5.31. The van der Waals surface area contributed by atoms with E-state index in [0.717, 1.165) is 0 Å². The number of piperidine rings is 2. The molecule has 2 bridgehead atoms. The molecule has 6 rings (SSSR count). The molecule has 3 N–H and O–H groups in total. The zero-order valence-corrected chi connectivity index (χ0v) is 34.5. The molecule has 1 aliphatic carbocycles. The van der Waals surface area contributed by atoms with E-state index in [4.69, 9.17) is 18.9 Å². The van der Waals surface area contributed by atoms with Crippen molar-refractivity contribution in [1.29, 1.82) is 0 Å². The van der Waals surface area contributed by atoms with Gasteiger partial charge in [-0.3, -0.25) is 19.8 Å². The van der Waals surface area contributed by atoms with Gasteiger partial charge in [0.05, 0.1) is 31.1 Å². The highest BCUT2D eigenvalue weighted by Gasteiger charge is 2.59. The second-order valence-electron chi connectivity index (χ2n) is 18.1. The van der Waals surface area contributed by atoms with Gasteiger partial charge in [-0.1, -0.05) is 27.7 Å². The molecular weight excluding hydrogens is 730 g/mol. The number of rotatable bonds is 6. The first-order valence-electron chi connectivity index (χ1n) is 21.1. The summed E-state index contributed by atoms with van der Waals surface area (Å²) in [7, 11) is 0. The van der Waals surface area contributed by atoms with E-state index >= 15 is 13.6 Å². The van der Waals surface area contributed by atoms with Crippen LogP contribution in [0.5, 0.6) is 0 Å². The van der Waals surface area contributed by atoms with Crippen LogP contribution in [-0.4, -0.2) is 144 Å². The second kappa shape index (κ2) is 17.6. The predicted octanol–water partition coefficient (Wildman–Crippen LogP) is 4.10. The number of urea groups is 1. The minimum atomic E-state index is -1.46. The summed E-state index contributed by atoms with van der Waals surface area (Å²) in [5.74, 6) is -2.84. The summed E-state index contributed by atoms with van der Waals surface area (Å²) in [6, 6.07) is -2.44. The maximum Gasteiger partial charge on any atom is 0.410 e. The Bertz CT molecular complexity index is 1420. The molecule has 5 aliphatic heterocycles. The van der Waals surface area contributed by atoms with Crippen LogP contribution in [0.15, 0.2) is 0 Å². The van der Waals surface area contributed by atoms with Gasteiger partial charge in [0.15, 0.2) is 6.10 Å². The van der Waals surface area contributed by atoms with E-state index in [1.165, 1.54) is 0 Å². The van der Waals surface area contributed by atoms with Crippen molar-refractivity contribution in [3.05, 3.63) is 0 Å². The number of hydrogen-bond acceptors (Lipinski definition) is 11. The van der Waals surface area contributed by atoms with Gasteiger partial charge in [-0.25, -0.2) is 18.4 Å². The Morgan fingerprint density at radius 1 is 0.964 bits per heavy atom. The van der Waals surface area contributed by atoms with E-state index < -0.39 is 96.5 Å². The van der Waals surface area contributed by atoms with Gasteiger partial charge in [0.2, 0.25) is 0 Å². The average Bonchev–Trinajstić information content (AvgIpc) is 3.14. The van der Waals surface area contributed by atoms with E-state index in [1.807, 2.05) is 27.7 Å². The largest absolute Gasteiger partial charge is 0.458 e. The molecule has 6 aliphatic rings. The highest BCUT2D eigenvalue weighted by molar-refractivity contribution is 5.77. The Kier molecular flexibility index (Phi) is 13.4. The van der Waals surface area contributed by atoms with Crippen LogP contribution >= 0.6 is 0 Å². The number of hydrogen-bond donors (Lipinski definition) is 3. The topological polar surface area (TPSA) is 151 Å². The molecule has 0 aromatic heterocycles. The minimum Gasteiger partial charge on any atom is -0.458 e. The highest BCUT2D eigenvalue weighted by Crippen LogP contribution is 2.44. The highest BCUT2D eigenvalue weighted by atomic mass is 19.1. The van der Waals surface area contributed by atoms with Gasteiger partial charge in [-0.05, 0) is 72.3 Å². The third-order valence-electron chi connectivity index (χ3n) is 12.9. The monoisotopic (exact) mass is 796 g/mol. The quantitative estimate of drug-likeness (QED) is 0.264. The molecule has 13 unspecified atom stereocenters. The molecule has 0 aromatic rings. The summed E-state index contributed by atoms with van der Waals surface area (Å²) < 4.78 is 57.8. The van der Waals surface area contributed by atoms with Crippen LogP contribution in [0, 0.1) is 23.7 Å². The first kappa shape index (κ1) is 42.8. The number of amides is 3. The zero-order valence-electron chi connectivity index (χ0n) is 34.5. The molecule has 56 heavy (non-hydrogen) atoms. The number of alkyl halides is 2. The van der Waals surface area contributed by atoms with Crippen molar-refractivity contribution in [2.24, 2.45) is 23.7 Å². The lowest BCUT2D eigenvalue weighted by Gasteiger charge is -2.60. The van der Waals surface area contributed by atoms with Crippen LogP contribution in [-0.2, 0) is 28.5 Å². The smallest absolute Gasteiger partial charge is 0.410 e. The van der Waals surface area contributed by atoms with E-state index in [0.29, 0.717) is 45.4 Å². The van der Waals surface area contributed by atoms with Crippen LogP contribution in [0.3, 0.4) is 0 Å². The third-order valence-corrected chi connectivity index (χ3v) is 12.9. The van der Waals surface area contributed by atoms with Gasteiger partial charge in [-0.15, -0.1) is 0 Å². The fourth-order valence-corrected chi connectivity index (χ4v) is 10.3. The predicted molar refractivity (Wildman–Crippen MR) is 203 cm³/mol. The van der Waals surface area contributed by atoms with Gasteiger partial charge >= 0.3 is 24.1 Å². The fourth-order valence-electron chi connectivity index (χ4n) is 10.3. The van der Waals surface area contributed by atoms with E-state index in [2.05, 4.69) is 34.7 Å². The van der Waals surface area contributed by atoms with Gasteiger partial charge in [0, 0.05) is 68.4 Å². The van der Waals surface area contributed by atoms with E-state index in [9.17, 15) is 14.4 Å².